The molecule has 8 nitrogen and oxygen atoms in total. The first-order valence-corrected chi connectivity index (χ1v) is 12.2. The van der Waals surface area contributed by atoms with Crippen LogP contribution in [-0.4, -0.2) is 69.8 Å². The second kappa shape index (κ2) is 9.70. The molecule has 0 radical (unpaired) electrons. The number of benzene rings is 2. The second-order valence-corrected chi connectivity index (χ2v) is 9.59. The Labute approximate surface area is 188 Å². The van der Waals surface area contributed by atoms with Crippen molar-refractivity contribution in [1.82, 2.24) is 14.5 Å². The predicted octanol–water partition coefficient (Wildman–Crippen LogP) is 1.86. The molecule has 32 heavy (non-hydrogen) atoms. The number of carbonyl (C=O) groups excluding carboxylic acids is 1. The number of amides is 1. The van der Waals surface area contributed by atoms with Gasteiger partial charge < -0.3 is 9.64 Å². The van der Waals surface area contributed by atoms with Crippen LogP contribution in [0.15, 0.2) is 58.4 Å². The summed E-state index contributed by atoms with van der Waals surface area (Å²) in [6, 6.07) is 14.8. The number of nitrogens with one attached hydrogen (secondary N) is 1. The zero-order valence-electron chi connectivity index (χ0n) is 18.2. The molecule has 0 aromatic heterocycles. The molecule has 0 unspecified atom stereocenters. The van der Waals surface area contributed by atoms with Crippen LogP contribution in [0.4, 0.5) is 0 Å². The molecule has 0 saturated carbocycles. The first kappa shape index (κ1) is 22.3. The minimum Gasteiger partial charge on any atom is -0.497 e. The van der Waals surface area contributed by atoms with E-state index in [4.69, 9.17) is 4.74 Å². The van der Waals surface area contributed by atoms with Crippen LogP contribution in [0.1, 0.15) is 24.0 Å². The Morgan fingerprint density at radius 2 is 1.84 bits per heavy atom. The maximum atomic E-state index is 12.7. The van der Waals surface area contributed by atoms with Crippen LogP contribution in [0, 0.1) is 0 Å². The van der Waals surface area contributed by atoms with Gasteiger partial charge in [0.05, 0.1) is 18.6 Å². The lowest BCUT2D eigenvalue weighted by Crippen LogP contribution is -2.35. The molecule has 1 N–H and O–H groups in total. The van der Waals surface area contributed by atoms with Gasteiger partial charge in [0.1, 0.15) is 11.6 Å². The summed E-state index contributed by atoms with van der Waals surface area (Å²) in [7, 11) is -1.90. The molecule has 1 saturated heterocycles. The number of rotatable bonds is 6. The Hall–Kier alpha value is -2.91. The van der Waals surface area contributed by atoms with Crippen molar-refractivity contribution in [2.45, 2.75) is 24.3 Å². The summed E-state index contributed by atoms with van der Waals surface area (Å²) in [5.74, 6) is 1.21. The van der Waals surface area contributed by atoms with Gasteiger partial charge in [0.2, 0.25) is 5.91 Å². The van der Waals surface area contributed by atoms with Crippen molar-refractivity contribution in [3.63, 3.8) is 0 Å². The van der Waals surface area contributed by atoms with E-state index >= 15 is 0 Å². The first-order valence-electron chi connectivity index (χ1n) is 10.8. The van der Waals surface area contributed by atoms with Gasteiger partial charge >= 0.3 is 0 Å². The van der Waals surface area contributed by atoms with Crippen molar-refractivity contribution in [2.75, 3.05) is 39.8 Å². The van der Waals surface area contributed by atoms with Gasteiger partial charge in [0.15, 0.2) is 0 Å². The minimum absolute atomic E-state index is 0.0507. The monoisotopic (exact) mass is 456 g/mol. The lowest BCUT2D eigenvalue weighted by Gasteiger charge is -2.22. The van der Waals surface area contributed by atoms with Crippen molar-refractivity contribution in [1.29, 1.82) is 0 Å². The molecule has 2 aliphatic heterocycles. The van der Waals surface area contributed by atoms with Gasteiger partial charge in [-0.15, -0.1) is 0 Å². The molecule has 170 valence electrons. The Morgan fingerprint density at radius 1 is 1.06 bits per heavy atom. The average molecular weight is 457 g/mol. The van der Waals surface area contributed by atoms with Gasteiger partial charge in [-0.3, -0.25) is 19.4 Å². The van der Waals surface area contributed by atoms with E-state index in [0.29, 0.717) is 17.9 Å². The van der Waals surface area contributed by atoms with Crippen molar-refractivity contribution < 1.29 is 17.9 Å². The summed E-state index contributed by atoms with van der Waals surface area (Å²) >= 11 is 0. The van der Waals surface area contributed by atoms with Gasteiger partial charge in [-0.25, -0.2) is 8.42 Å². The molecule has 1 amide bonds. The molecule has 9 heteroatoms. The van der Waals surface area contributed by atoms with Gasteiger partial charge in [-0.05, 0) is 36.2 Å². The van der Waals surface area contributed by atoms with Crippen LogP contribution in [0.25, 0.3) is 0 Å². The number of nitrogens with zero attached hydrogens (tertiary/aromatic N) is 3. The van der Waals surface area contributed by atoms with Crippen molar-refractivity contribution >= 4 is 21.8 Å². The number of sulfonamides is 1. The van der Waals surface area contributed by atoms with Crippen LogP contribution < -0.4 is 9.46 Å². The van der Waals surface area contributed by atoms with Crippen molar-refractivity contribution in [2.24, 2.45) is 4.99 Å². The quantitative estimate of drug-likeness (QED) is 0.717. The normalized spacial score (nSPS) is 19.3. The molecule has 0 spiro atoms. The van der Waals surface area contributed by atoms with Gasteiger partial charge in [0, 0.05) is 44.7 Å². The van der Waals surface area contributed by atoms with E-state index in [2.05, 4.69) is 26.7 Å². The summed E-state index contributed by atoms with van der Waals surface area (Å²) in [5, 5.41) is 0. The molecule has 2 aromatic carbocycles. The van der Waals surface area contributed by atoms with E-state index in [-0.39, 0.29) is 23.8 Å². The lowest BCUT2D eigenvalue weighted by atomic mass is 10.2. The highest BCUT2D eigenvalue weighted by Crippen LogP contribution is 2.22. The summed E-state index contributed by atoms with van der Waals surface area (Å²) in [5.41, 5.74) is 1.78. The number of amidine groups is 1. The van der Waals surface area contributed by atoms with Crippen molar-refractivity contribution in [3.05, 3.63) is 59.7 Å². The molecule has 4 rings (SSSR count). The molecule has 2 aliphatic rings. The van der Waals surface area contributed by atoms with Gasteiger partial charge in [-0.1, -0.05) is 24.3 Å². The number of hydrogen-bond acceptors (Lipinski definition) is 6. The summed E-state index contributed by atoms with van der Waals surface area (Å²) in [6.07, 6.45) is 1.18. The molecular formula is C23H28N4O4S. The third kappa shape index (κ3) is 5.11. The molecular weight excluding hydrogens is 428 g/mol. The molecule has 2 aromatic rings. The Morgan fingerprint density at radius 3 is 2.62 bits per heavy atom. The zero-order valence-corrected chi connectivity index (χ0v) is 19.0. The summed E-state index contributed by atoms with van der Waals surface area (Å²) in [6.45, 7) is 4.26. The fourth-order valence-corrected chi connectivity index (χ4v) is 5.29. The molecule has 0 aliphatic carbocycles. The minimum atomic E-state index is -3.56. The maximum absolute atomic E-state index is 12.7. The van der Waals surface area contributed by atoms with E-state index in [1.807, 2.05) is 17.0 Å². The number of ether oxygens (including phenoxy) is 1. The number of aliphatic imine (C=N–C) groups is 1. The van der Waals surface area contributed by atoms with E-state index < -0.39 is 10.0 Å². The summed E-state index contributed by atoms with van der Waals surface area (Å²) < 4.78 is 32.0. The van der Waals surface area contributed by atoms with Crippen LogP contribution in [0.5, 0.6) is 5.75 Å². The third-order valence-electron chi connectivity index (χ3n) is 5.76. The standard InChI is InChI=1S/C23H28N4O4S/c1-31-19-9-7-18(8-10-19)17-26-13-4-14-27(16-15-26)22(28)11-12-24-23-20-5-2-3-6-21(20)32(29,30)25-23/h2-3,5-10H,4,11-17H2,1H3,(H,24,25). The Balaban J connectivity index is 1.29. The topological polar surface area (TPSA) is 91.3 Å². The van der Waals surface area contributed by atoms with Gasteiger partial charge in [-0.2, -0.15) is 0 Å². The van der Waals surface area contributed by atoms with Crippen LogP contribution in [0.2, 0.25) is 0 Å². The average Bonchev–Trinajstić information content (AvgIpc) is 2.93. The highest BCUT2D eigenvalue weighted by atomic mass is 32.2. The van der Waals surface area contributed by atoms with Crippen LogP contribution in [-0.2, 0) is 21.4 Å². The second-order valence-electron chi connectivity index (χ2n) is 7.94. The highest BCUT2D eigenvalue weighted by Gasteiger charge is 2.30. The van der Waals surface area contributed by atoms with E-state index in [1.165, 1.54) is 5.56 Å². The molecule has 0 bridgehead atoms. The lowest BCUT2D eigenvalue weighted by molar-refractivity contribution is -0.130. The van der Waals surface area contributed by atoms with E-state index in [1.54, 1.807) is 31.4 Å². The summed E-state index contributed by atoms with van der Waals surface area (Å²) in [4.78, 5) is 21.6. The SMILES string of the molecule is COc1ccc(CN2CCCN(C(=O)CCN=C3NS(=O)(=O)c4ccccc43)CC2)cc1. The van der Waals surface area contributed by atoms with E-state index in [0.717, 1.165) is 38.3 Å². The maximum Gasteiger partial charge on any atom is 0.263 e. The largest absolute Gasteiger partial charge is 0.497 e. The number of methoxy groups -OCH3 is 1. The predicted molar refractivity (Wildman–Crippen MR) is 122 cm³/mol. The van der Waals surface area contributed by atoms with E-state index in [9.17, 15) is 13.2 Å². The fraction of sp³-hybridized carbons (Fsp3) is 0.391. The molecule has 1 fully saturated rings. The Kier molecular flexibility index (Phi) is 6.76. The highest BCUT2D eigenvalue weighted by molar-refractivity contribution is 7.90. The first-order chi connectivity index (χ1) is 15.5. The fourth-order valence-electron chi connectivity index (χ4n) is 4.04. The number of fused-ring (bicyclic) bond motifs is 1. The Bertz CT molecular complexity index is 1100. The third-order valence-corrected chi connectivity index (χ3v) is 7.16. The number of carbonyl (C=O) groups is 1. The van der Waals surface area contributed by atoms with Gasteiger partial charge in [0.25, 0.3) is 10.0 Å². The van der Waals surface area contributed by atoms with Crippen LogP contribution in [0.3, 0.4) is 0 Å². The number of hydrogen-bond donors (Lipinski definition) is 1. The van der Waals surface area contributed by atoms with Crippen molar-refractivity contribution in [3.8, 4) is 5.75 Å². The van der Waals surface area contributed by atoms with Crippen LogP contribution >= 0.6 is 0 Å². The molecule has 2 heterocycles. The smallest absolute Gasteiger partial charge is 0.263 e. The zero-order chi connectivity index (χ0) is 22.6. The molecule has 0 atom stereocenters.